The van der Waals surface area contributed by atoms with Crippen LogP contribution in [0.3, 0.4) is 0 Å². The minimum Gasteiger partial charge on any atom is -0.494 e. The summed E-state index contributed by atoms with van der Waals surface area (Å²) in [4.78, 5) is 13.4. The molecular formula is C55H70O4. The maximum atomic E-state index is 13.4. The number of allylic oxidation sites excluding steroid dienone is 1. The SMILES string of the molecule is CC(C)CCC[C@@H](C)[C@H]1CC[C@H]2[C@@H]3CC=C4C[C@@H](OC(=O)c5ccc(-c6ccc(OCCCCCOc7ccc8ccccc8c7)cc6)cc5)CC[C@]4(C)[C@H]3CC[C@]12C. The molecule has 3 fully saturated rings. The van der Waals surface area contributed by atoms with Crippen molar-refractivity contribution in [2.45, 2.75) is 131 Å². The Labute approximate surface area is 355 Å². The molecule has 4 nitrogen and oxygen atoms in total. The maximum Gasteiger partial charge on any atom is 0.338 e. The van der Waals surface area contributed by atoms with Gasteiger partial charge in [0.15, 0.2) is 0 Å². The van der Waals surface area contributed by atoms with Gasteiger partial charge >= 0.3 is 5.97 Å². The summed E-state index contributed by atoms with van der Waals surface area (Å²) in [5.74, 6) is 6.63. The Bertz CT molecular complexity index is 2050. The molecule has 8 rings (SSSR count). The molecule has 0 bridgehead atoms. The molecule has 0 heterocycles. The predicted molar refractivity (Wildman–Crippen MR) is 243 cm³/mol. The fourth-order valence-electron chi connectivity index (χ4n) is 12.5. The van der Waals surface area contributed by atoms with Gasteiger partial charge in [0.1, 0.15) is 17.6 Å². The fraction of sp³-hybridized carbons (Fsp3) is 0.545. The number of fused-ring (bicyclic) bond motifs is 6. The molecule has 0 N–H and O–H groups in total. The first kappa shape index (κ1) is 41.7. The van der Waals surface area contributed by atoms with E-state index in [9.17, 15) is 4.79 Å². The Kier molecular flexibility index (Phi) is 12.9. The Morgan fingerprint density at radius 3 is 2.14 bits per heavy atom. The molecule has 4 aliphatic carbocycles. The van der Waals surface area contributed by atoms with Gasteiger partial charge in [-0.05, 0) is 169 Å². The summed E-state index contributed by atoms with van der Waals surface area (Å²) in [6.07, 6.45) is 19.6. The summed E-state index contributed by atoms with van der Waals surface area (Å²) < 4.78 is 18.3. The number of carbonyl (C=O) groups is 1. The lowest BCUT2D eigenvalue weighted by Gasteiger charge is -2.58. The average molecular weight is 795 g/mol. The molecule has 8 atom stereocenters. The molecule has 0 aromatic heterocycles. The van der Waals surface area contributed by atoms with Crippen LogP contribution in [-0.2, 0) is 4.74 Å². The number of benzene rings is 4. The van der Waals surface area contributed by atoms with Gasteiger partial charge in [0.2, 0.25) is 0 Å². The molecule has 59 heavy (non-hydrogen) atoms. The van der Waals surface area contributed by atoms with E-state index in [1.54, 1.807) is 5.57 Å². The number of ether oxygens (including phenoxy) is 3. The summed E-state index contributed by atoms with van der Waals surface area (Å²) >= 11 is 0. The molecule has 0 aliphatic heterocycles. The molecule has 0 spiro atoms. The minimum absolute atomic E-state index is 0.0364. The van der Waals surface area contributed by atoms with Gasteiger partial charge in [-0.3, -0.25) is 0 Å². The van der Waals surface area contributed by atoms with Crippen molar-refractivity contribution >= 4 is 16.7 Å². The Balaban J connectivity index is 0.773. The summed E-state index contributed by atoms with van der Waals surface area (Å²) in [6, 6.07) is 30.8. The third-order valence-corrected chi connectivity index (χ3v) is 15.9. The lowest BCUT2D eigenvalue weighted by molar-refractivity contribution is -0.0594. The van der Waals surface area contributed by atoms with E-state index in [4.69, 9.17) is 14.2 Å². The maximum absolute atomic E-state index is 13.4. The number of hydrogen-bond donors (Lipinski definition) is 0. The van der Waals surface area contributed by atoms with Crippen LogP contribution in [0, 0.1) is 46.3 Å². The van der Waals surface area contributed by atoms with Gasteiger partial charge in [-0.25, -0.2) is 4.79 Å². The predicted octanol–water partition coefficient (Wildman–Crippen LogP) is 14.7. The highest BCUT2D eigenvalue weighted by atomic mass is 16.5. The Morgan fingerprint density at radius 2 is 1.39 bits per heavy atom. The van der Waals surface area contributed by atoms with Crippen LogP contribution in [0.1, 0.15) is 135 Å². The first-order valence-electron chi connectivity index (χ1n) is 23.5. The molecule has 314 valence electrons. The third kappa shape index (κ3) is 9.18. The van der Waals surface area contributed by atoms with E-state index < -0.39 is 0 Å². The molecule has 4 aromatic rings. The van der Waals surface area contributed by atoms with Crippen LogP contribution < -0.4 is 9.47 Å². The number of hydrogen-bond acceptors (Lipinski definition) is 4. The van der Waals surface area contributed by atoms with E-state index in [0.717, 1.165) is 96.7 Å². The van der Waals surface area contributed by atoms with E-state index >= 15 is 0 Å². The summed E-state index contributed by atoms with van der Waals surface area (Å²) in [6.45, 7) is 14.0. The van der Waals surface area contributed by atoms with Crippen molar-refractivity contribution < 1.29 is 19.0 Å². The van der Waals surface area contributed by atoms with Gasteiger partial charge in [-0.1, -0.05) is 120 Å². The largest absolute Gasteiger partial charge is 0.494 e. The standard InChI is InChI=1S/C55H70O4/c1-38(2)12-11-13-39(3)50-28-29-51-49-27-23-45-37-48(30-32-54(45,4)52(49)31-33-55(50,51)5)59-53(56)43-18-16-41(17-19-43)42-20-24-46(25-21-42)57-34-9-6-10-35-58-47-26-22-40-14-7-8-15-44(40)36-47/h7-8,14-26,36,38-39,48-52H,6,9-13,27-35,37H2,1-5H3/t39-,48+,49+,50-,51+,52+,54+,55-/m1/s1. The van der Waals surface area contributed by atoms with E-state index in [2.05, 4.69) is 89.2 Å². The van der Waals surface area contributed by atoms with Gasteiger partial charge in [0.05, 0.1) is 18.8 Å². The van der Waals surface area contributed by atoms with Gasteiger partial charge in [-0.2, -0.15) is 0 Å². The van der Waals surface area contributed by atoms with Crippen LogP contribution in [0.4, 0.5) is 0 Å². The van der Waals surface area contributed by atoms with Gasteiger partial charge in [-0.15, -0.1) is 0 Å². The first-order valence-corrected chi connectivity index (χ1v) is 23.5. The van der Waals surface area contributed by atoms with Gasteiger partial charge in [0, 0.05) is 6.42 Å². The van der Waals surface area contributed by atoms with Gasteiger partial charge in [0.25, 0.3) is 0 Å². The van der Waals surface area contributed by atoms with Crippen molar-refractivity contribution in [2.75, 3.05) is 13.2 Å². The Morgan fingerprint density at radius 1 is 0.695 bits per heavy atom. The highest BCUT2D eigenvalue weighted by molar-refractivity contribution is 5.90. The molecule has 0 radical (unpaired) electrons. The molecule has 4 heteroatoms. The van der Waals surface area contributed by atoms with Crippen LogP contribution in [0.5, 0.6) is 11.5 Å². The highest BCUT2D eigenvalue weighted by Gasteiger charge is 2.59. The van der Waals surface area contributed by atoms with Crippen LogP contribution in [0.15, 0.2) is 103 Å². The van der Waals surface area contributed by atoms with Crippen molar-refractivity contribution in [1.82, 2.24) is 0 Å². The zero-order valence-electron chi connectivity index (χ0n) is 36.7. The summed E-state index contributed by atoms with van der Waals surface area (Å²) in [7, 11) is 0. The van der Waals surface area contributed by atoms with Crippen molar-refractivity contribution in [3.63, 3.8) is 0 Å². The number of esters is 1. The van der Waals surface area contributed by atoms with Crippen LogP contribution in [0.25, 0.3) is 21.9 Å². The number of unbranched alkanes of at least 4 members (excludes halogenated alkanes) is 2. The zero-order chi connectivity index (χ0) is 41.0. The van der Waals surface area contributed by atoms with Crippen molar-refractivity contribution in [1.29, 1.82) is 0 Å². The normalized spacial score (nSPS) is 28.0. The number of rotatable bonds is 16. The van der Waals surface area contributed by atoms with E-state index in [1.807, 2.05) is 42.5 Å². The molecular weight excluding hydrogens is 725 g/mol. The van der Waals surface area contributed by atoms with Crippen molar-refractivity contribution in [3.8, 4) is 22.6 Å². The Hall–Kier alpha value is -4.05. The lowest BCUT2D eigenvalue weighted by Crippen LogP contribution is -2.51. The summed E-state index contributed by atoms with van der Waals surface area (Å²) in [5.41, 5.74) is 5.15. The molecule has 4 aromatic carbocycles. The topological polar surface area (TPSA) is 44.8 Å². The van der Waals surface area contributed by atoms with E-state index in [0.29, 0.717) is 24.2 Å². The quantitative estimate of drug-likeness (QED) is 0.0644. The fourth-order valence-corrected chi connectivity index (χ4v) is 12.5. The van der Waals surface area contributed by atoms with Crippen molar-refractivity contribution in [2.24, 2.45) is 46.3 Å². The third-order valence-electron chi connectivity index (χ3n) is 15.9. The van der Waals surface area contributed by atoms with Crippen LogP contribution in [-0.4, -0.2) is 25.3 Å². The molecule has 0 amide bonds. The van der Waals surface area contributed by atoms with Crippen LogP contribution >= 0.6 is 0 Å². The van der Waals surface area contributed by atoms with E-state index in [1.165, 1.54) is 62.1 Å². The second kappa shape index (κ2) is 18.3. The summed E-state index contributed by atoms with van der Waals surface area (Å²) in [5, 5.41) is 2.44. The molecule has 4 aliphatic rings. The lowest BCUT2D eigenvalue weighted by atomic mass is 9.47. The molecule has 0 unspecified atom stereocenters. The molecule has 3 saturated carbocycles. The zero-order valence-corrected chi connectivity index (χ0v) is 36.7. The first-order chi connectivity index (χ1) is 28.6. The van der Waals surface area contributed by atoms with E-state index in [-0.39, 0.29) is 17.5 Å². The van der Waals surface area contributed by atoms with Crippen LogP contribution in [0.2, 0.25) is 0 Å². The number of carbonyl (C=O) groups excluding carboxylic acids is 1. The highest BCUT2D eigenvalue weighted by Crippen LogP contribution is 2.67. The smallest absolute Gasteiger partial charge is 0.338 e. The average Bonchev–Trinajstić information content (AvgIpc) is 3.61. The van der Waals surface area contributed by atoms with Gasteiger partial charge < -0.3 is 14.2 Å². The minimum atomic E-state index is -0.198. The second-order valence-corrected chi connectivity index (χ2v) is 19.9. The monoisotopic (exact) mass is 795 g/mol. The second-order valence-electron chi connectivity index (χ2n) is 19.9. The molecule has 0 saturated heterocycles. The van der Waals surface area contributed by atoms with Crippen molar-refractivity contribution in [3.05, 3.63) is 108 Å².